The number of sulfonamides is 2. The molecule has 4 rings (SSSR count). The maximum absolute atomic E-state index is 13.3. The summed E-state index contributed by atoms with van der Waals surface area (Å²) in [6.07, 6.45) is 2.86. The Balaban J connectivity index is 1.50. The summed E-state index contributed by atoms with van der Waals surface area (Å²) in [5.41, 5.74) is 2.99. The first-order chi connectivity index (χ1) is 18.1. The summed E-state index contributed by atoms with van der Waals surface area (Å²) in [7, 11) is -7.91. The summed E-state index contributed by atoms with van der Waals surface area (Å²) in [5, 5.41) is 2.63. The molecule has 196 valence electrons. The Morgan fingerprint density at radius 2 is 1.47 bits per heavy atom. The number of nitrogens with one attached hydrogen (secondary N) is 2. The molecule has 0 saturated heterocycles. The number of aryl methyl sites for hydroxylation is 2. The van der Waals surface area contributed by atoms with Gasteiger partial charge in [0.15, 0.2) is 0 Å². The first-order valence-electron chi connectivity index (χ1n) is 11.5. The van der Waals surface area contributed by atoms with Crippen molar-refractivity contribution >= 4 is 43.0 Å². The van der Waals surface area contributed by atoms with Crippen molar-refractivity contribution in [1.82, 2.24) is 4.98 Å². The Morgan fingerprint density at radius 3 is 2.11 bits per heavy atom. The van der Waals surface area contributed by atoms with Gasteiger partial charge in [-0.15, -0.1) is 0 Å². The first kappa shape index (κ1) is 26.8. The number of pyridine rings is 1. The van der Waals surface area contributed by atoms with E-state index in [4.69, 9.17) is 0 Å². The van der Waals surface area contributed by atoms with Gasteiger partial charge in [0.1, 0.15) is 6.54 Å². The molecule has 0 aliphatic rings. The van der Waals surface area contributed by atoms with Crippen molar-refractivity contribution in [1.29, 1.82) is 0 Å². The Kier molecular flexibility index (Phi) is 7.79. The Bertz CT molecular complexity index is 1640. The fraction of sp³-hybridized carbons (Fsp3) is 0.111. The lowest BCUT2D eigenvalue weighted by Gasteiger charge is -2.23. The van der Waals surface area contributed by atoms with E-state index in [1.165, 1.54) is 48.8 Å². The van der Waals surface area contributed by atoms with Crippen molar-refractivity contribution in [2.75, 3.05) is 20.9 Å². The predicted molar refractivity (Wildman–Crippen MR) is 147 cm³/mol. The summed E-state index contributed by atoms with van der Waals surface area (Å²) in [6.45, 7) is 3.32. The number of amides is 1. The fourth-order valence-corrected chi connectivity index (χ4v) is 6.08. The molecule has 9 nitrogen and oxygen atoms in total. The highest BCUT2D eigenvalue weighted by atomic mass is 32.2. The van der Waals surface area contributed by atoms with E-state index >= 15 is 0 Å². The van der Waals surface area contributed by atoms with Crippen molar-refractivity contribution in [2.24, 2.45) is 0 Å². The van der Waals surface area contributed by atoms with Crippen molar-refractivity contribution in [3.63, 3.8) is 0 Å². The summed E-state index contributed by atoms with van der Waals surface area (Å²) in [4.78, 5) is 16.9. The van der Waals surface area contributed by atoms with E-state index in [1.54, 1.807) is 42.5 Å². The Labute approximate surface area is 222 Å². The number of nitrogens with zero attached hydrogens (tertiary/aromatic N) is 2. The van der Waals surface area contributed by atoms with Crippen LogP contribution < -0.4 is 14.3 Å². The standard InChI is InChI=1S/C27H26N4O5S2/c1-20-10-11-23(17-21(20)2)30-37(33,34)25-14-12-22(13-15-25)29-27(32)19-31(24-7-6-16-28-18-24)38(35,36)26-8-4-3-5-9-26/h3-18,30H,19H2,1-2H3,(H,29,32). The maximum Gasteiger partial charge on any atom is 0.264 e. The molecule has 11 heteroatoms. The van der Waals surface area contributed by atoms with Crippen LogP contribution in [0.25, 0.3) is 0 Å². The smallest absolute Gasteiger partial charge is 0.264 e. The second-order valence-electron chi connectivity index (χ2n) is 8.51. The largest absolute Gasteiger partial charge is 0.325 e. The lowest BCUT2D eigenvalue weighted by atomic mass is 10.1. The molecule has 0 saturated carbocycles. The zero-order valence-corrected chi connectivity index (χ0v) is 22.3. The van der Waals surface area contributed by atoms with Gasteiger partial charge in [-0.1, -0.05) is 24.3 Å². The van der Waals surface area contributed by atoms with Gasteiger partial charge < -0.3 is 5.32 Å². The highest BCUT2D eigenvalue weighted by molar-refractivity contribution is 7.93. The summed E-state index contributed by atoms with van der Waals surface area (Å²) in [6, 6.07) is 21.8. The molecular weight excluding hydrogens is 524 g/mol. The maximum atomic E-state index is 13.3. The third kappa shape index (κ3) is 6.18. The number of aromatic nitrogens is 1. The van der Waals surface area contributed by atoms with Crippen LogP contribution in [0.15, 0.2) is 107 Å². The van der Waals surface area contributed by atoms with Gasteiger partial charge in [-0.3, -0.25) is 18.8 Å². The van der Waals surface area contributed by atoms with Crippen molar-refractivity contribution in [2.45, 2.75) is 23.6 Å². The number of hydrogen-bond acceptors (Lipinski definition) is 6. The summed E-state index contributed by atoms with van der Waals surface area (Å²) in [5.74, 6) is -0.614. The Hall–Kier alpha value is -4.22. The molecule has 1 aromatic heterocycles. The van der Waals surface area contributed by atoms with E-state index < -0.39 is 32.5 Å². The van der Waals surface area contributed by atoms with Gasteiger partial charge in [0.2, 0.25) is 5.91 Å². The van der Waals surface area contributed by atoms with Gasteiger partial charge in [0.25, 0.3) is 20.0 Å². The van der Waals surface area contributed by atoms with Gasteiger partial charge >= 0.3 is 0 Å². The molecule has 0 fully saturated rings. The minimum atomic E-state index is -4.06. The monoisotopic (exact) mass is 550 g/mol. The number of rotatable bonds is 9. The van der Waals surface area contributed by atoms with Crippen LogP contribution in [0.1, 0.15) is 11.1 Å². The van der Waals surface area contributed by atoms with Crippen molar-refractivity contribution in [3.05, 3.63) is 108 Å². The molecule has 0 aliphatic heterocycles. The molecule has 4 aromatic rings. The van der Waals surface area contributed by atoms with E-state index in [0.29, 0.717) is 11.4 Å². The molecule has 2 N–H and O–H groups in total. The van der Waals surface area contributed by atoms with Gasteiger partial charge in [0.05, 0.1) is 21.7 Å². The van der Waals surface area contributed by atoms with Gasteiger partial charge in [-0.2, -0.15) is 0 Å². The summed E-state index contributed by atoms with van der Waals surface area (Å²) >= 11 is 0. The first-order valence-corrected chi connectivity index (χ1v) is 14.5. The average Bonchev–Trinajstić information content (AvgIpc) is 2.90. The predicted octanol–water partition coefficient (Wildman–Crippen LogP) is 4.33. The minimum Gasteiger partial charge on any atom is -0.325 e. The topological polar surface area (TPSA) is 126 Å². The molecule has 0 spiro atoms. The zero-order valence-electron chi connectivity index (χ0n) is 20.7. The molecule has 0 radical (unpaired) electrons. The molecule has 3 aromatic carbocycles. The van der Waals surface area contributed by atoms with Crippen molar-refractivity contribution in [3.8, 4) is 0 Å². The SMILES string of the molecule is Cc1ccc(NS(=O)(=O)c2ccc(NC(=O)CN(c3cccnc3)S(=O)(=O)c3ccccc3)cc2)cc1C. The summed E-state index contributed by atoms with van der Waals surface area (Å²) < 4.78 is 55.7. The molecule has 0 bridgehead atoms. The van der Waals surface area contributed by atoms with E-state index in [9.17, 15) is 21.6 Å². The number of benzene rings is 3. The molecule has 1 heterocycles. The third-order valence-electron chi connectivity index (χ3n) is 5.76. The number of carbonyl (C=O) groups excluding carboxylic acids is 1. The highest BCUT2D eigenvalue weighted by Gasteiger charge is 2.27. The number of carbonyl (C=O) groups is 1. The van der Waals surface area contributed by atoms with Crippen LogP contribution in [0.5, 0.6) is 0 Å². The van der Waals surface area contributed by atoms with Gasteiger partial charge in [-0.05, 0) is 85.6 Å². The van der Waals surface area contributed by atoms with Gasteiger partial charge in [-0.25, -0.2) is 16.8 Å². The quantitative estimate of drug-likeness (QED) is 0.320. The Morgan fingerprint density at radius 1 is 0.789 bits per heavy atom. The molecule has 38 heavy (non-hydrogen) atoms. The van der Waals surface area contributed by atoms with Crippen LogP contribution in [0.2, 0.25) is 0 Å². The van der Waals surface area contributed by atoms with Crippen LogP contribution in [0, 0.1) is 13.8 Å². The fourth-order valence-electron chi connectivity index (χ4n) is 3.60. The number of hydrogen-bond donors (Lipinski definition) is 2. The minimum absolute atomic E-state index is 0.0115. The van der Waals surface area contributed by atoms with E-state index in [-0.39, 0.29) is 15.5 Å². The molecule has 0 aliphatic carbocycles. The van der Waals surface area contributed by atoms with Crippen LogP contribution in [-0.2, 0) is 24.8 Å². The van der Waals surface area contributed by atoms with Crippen LogP contribution >= 0.6 is 0 Å². The highest BCUT2D eigenvalue weighted by Crippen LogP contribution is 2.24. The molecule has 1 amide bonds. The zero-order chi connectivity index (χ0) is 27.3. The van der Waals surface area contributed by atoms with E-state index in [2.05, 4.69) is 15.0 Å². The average molecular weight is 551 g/mol. The van der Waals surface area contributed by atoms with E-state index in [0.717, 1.165) is 15.4 Å². The van der Waals surface area contributed by atoms with Crippen LogP contribution in [-0.4, -0.2) is 34.3 Å². The van der Waals surface area contributed by atoms with Crippen LogP contribution in [0.4, 0.5) is 17.1 Å². The third-order valence-corrected chi connectivity index (χ3v) is 8.95. The second kappa shape index (κ2) is 11.0. The van der Waals surface area contributed by atoms with Crippen molar-refractivity contribution < 1.29 is 21.6 Å². The lowest BCUT2D eigenvalue weighted by Crippen LogP contribution is -2.38. The molecular formula is C27H26N4O5S2. The number of anilines is 3. The second-order valence-corrected chi connectivity index (χ2v) is 12.1. The molecule has 0 unspecified atom stereocenters. The lowest BCUT2D eigenvalue weighted by molar-refractivity contribution is -0.114. The van der Waals surface area contributed by atoms with Crippen LogP contribution in [0.3, 0.4) is 0 Å². The van der Waals surface area contributed by atoms with E-state index in [1.807, 2.05) is 19.9 Å². The van der Waals surface area contributed by atoms with Gasteiger partial charge in [0, 0.05) is 17.6 Å². The normalized spacial score (nSPS) is 11.5. The molecule has 0 atom stereocenters.